The van der Waals surface area contributed by atoms with Gasteiger partial charge in [-0.15, -0.1) is 0 Å². The smallest absolute Gasteiger partial charge is 0.258 e. The van der Waals surface area contributed by atoms with Crippen LogP contribution in [-0.4, -0.2) is 12.8 Å². The van der Waals surface area contributed by atoms with Crippen molar-refractivity contribution in [2.24, 2.45) is 0 Å². The highest BCUT2D eigenvalue weighted by Crippen LogP contribution is 2.18. The van der Waals surface area contributed by atoms with Crippen molar-refractivity contribution in [2.75, 3.05) is 0 Å². The van der Waals surface area contributed by atoms with Crippen molar-refractivity contribution in [1.82, 2.24) is 0 Å². The third kappa shape index (κ3) is 1.84. The first-order valence-corrected chi connectivity index (χ1v) is 3.68. The number of nitro benzene ring substituents is 1. The molecule has 0 N–H and O–H groups in total. The molecule has 0 heterocycles. The molecule has 0 saturated carbocycles. The van der Waals surface area contributed by atoms with Gasteiger partial charge in [0.2, 0.25) is 0 Å². The highest BCUT2D eigenvalue weighted by molar-refractivity contribution is 6.08. The van der Waals surface area contributed by atoms with E-state index in [4.69, 9.17) is 7.85 Å². The lowest BCUT2D eigenvalue weighted by atomic mass is 9.96. The van der Waals surface area contributed by atoms with Crippen molar-refractivity contribution in [1.29, 1.82) is 0 Å². The molecule has 0 fully saturated rings. The molecule has 2 radical (unpaired) electrons. The van der Waals surface area contributed by atoms with E-state index in [2.05, 4.69) is 0 Å². The number of benzene rings is 1. The van der Waals surface area contributed by atoms with Crippen molar-refractivity contribution in [3.8, 4) is 0 Å². The van der Waals surface area contributed by atoms with E-state index in [0.29, 0.717) is 18.3 Å². The zero-order valence-corrected chi connectivity index (χ0v) is 6.56. The van der Waals surface area contributed by atoms with Gasteiger partial charge in [-0.25, -0.2) is 0 Å². The molecule has 0 amide bonds. The van der Waals surface area contributed by atoms with E-state index in [1.165, 1.54) is 6.07 Å². The zero-order chi connectivity index (χ0) is 8.97. The molecular formula is C8H8BNO2. The molecule has 60 valence electrons. The molecule has 0 aliphatic rings. The number of nitrogens with zero attached hydrogens (tertiary/aromatic N) is 1. The largest absolute Gasteiger partial charge is 0.272 e. The number of nitro groups is 1. The Bertz CT molecular complexity index is 288. The Balaban J connectivity index is 3.00. The summed E-state index contributed by atoms with van der Waals surface area (Å²) in [5.41, 5.74) is 0.855. The van der Waals surface area contributed by atoms with Crippen LogP contribution in [0, 0.1) is 10.1 Å². The van der Waals surface area contributed by atoms with Crippen LogP contribution >= 0.6 is 0 Å². The molecule has 1 rings (SSSR count). The van der Waals surface area contributed by atoms with Gasteiger partial charge in [-0.05, 0) is 6.42 Å². The van der Waals surface area contributed by atoms with Crippen LogP contribution in [0.4, 0.5) is 5.69 Å². The van der Waals surface area contributed by atoms with E-state index >= 15 is 0 Å². The summed E-state index contributed by atoms with van der Waals surface area (Å²) >= 11 is 0. The fourth-order valence-electron chi connectivity index (χ4n) is 1.06. The molecule has 0 atom stereocenters. The summed E-state index contributed by atoms with van der Waals surface area (Å²) < 4.78 is 0. The van der Waals surface area contributed by atoms with Gasteiger partial charge in [-0.1, -0.05) is 24.5 Å². The van der Waals surface area contributed by atoms with E-state index in [9.17, 15) is 10.1 Å². The average Bonchev–Trinajstić information content (AvgIpc) is 2.05. The van der Waals surface area contributed by atoms with Gasteiger partial charge in [-0.3, -0.25) is 10.1 Å². The summed E-state index contributed by atoms with van der Waals surface area (Å²) in [7, 11) is 5.31. The minimum absolute atomic E-state index is 0.156. The van der Waals surface area contributed by atoms with Gasteiger partial charge >= 0.3 is 0 Å². The molecule has 1 aromatic rings. The van der Waals surface area contributed by atoms with Gasteiger partial charge in [-0.2, -0.15) is 0 Å². The van der Waals surface area contributed by atoms with E-state index < -0.39 is 0 Å². The molecule has 0 spiro atoms. The summed E-state index contributed by atoms with van der Waals surface area (Å²) in [6.45, 7) is 0. The topological polar surface area (TPSA) is 43.1 Å². The fraction of sp³-hybridized carbons (Fsp3) is 0.250. The molecule has 4 heteroatoms. The van der Waals surface area contributed by atoms with Gasteiger partial charge in [0.25, 0.3) is 5.69 Å². The Hall–Kier alpha value is -1.32. The number of rotatable bonds is 3. The Morgan fingerprint density at radius 1 is 1.42 bits per heavy atom. The lowest BCUT2D eigenvalue weighted by molar-refractivity contribution is -0.385. The second kappa shape index (κ2) is 3.90. The van der Waals surface area contributed by atoms with Crippen molar-refractivity contribution in [2.45, 2.75) is 12.7 Å². The molecule has 0 unspecified atom stereocenters. The first kappa shape index (κ1) is 8.78. The van der Waals surface area contributed by atoms with Crippen LogP contribution in [0.2, 0.25) is 6.32 Å². The zero-order valence-electron chi connectivity index (χ0n) is 6.56. The first-order chi connectivity index (χ1) is 5.75. The van der Waals surface area contributed by atoms with Gasteiger partial charge in [0.05, 0.1) is 12.8 Å². The van der Waals surface area contributed by atoms with Crippen molar-refractivity contribution < 1.29 is 4.92 Å². The van der Waals surface area contributed by atoms with Crippen LogP contribution in [0.3, 0.4) is 0 Å². The summed E-state index contributed by atoms with van der Waals surface area (Å²) in [6, 6.07) is 6.64. The molecule has 0 aliphatic heterocycles. The van der Waals surface area contributed by atoms with Crippen LogP contribution in [0.15, 0.2) is 24.3 Å². The summed E-state index contributed by atoms with van der Waals surface area (Å²) in [6.07, 6.45) is 0.988. The molecular weight excluding hydrogens is 153 g/mol. The van der Waals surface area contributed by atoms with E-state index in [0.717, 1.165) is 0 Å². The Morgan fingerprint density at radius 2 is 2.08 bits per heavy atom. The van der Waals surface area contributed by atoms with Crippen LogP contribution in [0.1, 0.15) is 5.56 Å². The molecule has 0 bridgehead atoms. The predicted octanol–water partition coefficient (Wildman–Crippen LogP) is 1.72. The van der Waals surface area contributed by atoms with E-state index in [1.54, 1.807) is 18.2 Å². The first-order valence-electron chi connectivity index (χ1n) is 3.68. The molecule has 0 aromatic heterocycles. The number of hydrogen-bond donors (Lipinski definition) is 0. The van der Waals surface area contributed by atoms with E-state index in [-0.39, 0.29) is 10.6 Å². The van der Waals surface area contributed by atoms with Crippen LogP contribution in [-0.2, 0) is 6.42 Å². The molecule has 3 nitrogen and oxygen atoms in total. The quantitative estimate of drug-likeness (QED) is 0.384. The highest BCUT2D eigenvalue weighted by atomic mass is 16.6. The maximum Gasteiger partial charge on any atom is 0.272 e. The molecule has 1 aromatic carbocycles. The predicted molar refractivity (Wildman–Crippen MR) is 47.4 cm³/mol. The van der Waals surface area contributed by atoms with Crippen molar-refractivity contribution >= 4 is 13.5 Å². The maximum atomic E-state index is 10.5. The van der Waals surface area contributed by atoms with E-state index in [1.807, 2.05) is 0 Å². The van der Waals surface area contributed by atoms with Gasteiger partial charge in [0.15, 0.2) is 0 Å². The van der Waals surface area contributed by atoms with Crippen LogP contribution in [0.5, 0.6) is 0 Å². The number of hydrogen-bond acceptors (Lipinski definition) is 2. The number of para-hydroxylation sites is 1. The summed E-state index contributed by atoms with van der Waals surface area (Å²) in [5.74, 6) is 0. The maximum absolute atomic E-state index is 10.5. The minimum Gasteiger partial charge on any atom is -0.258 e. The molecule has 0 aliphatic carbocycles. The van der Waals surface area contributed by atoms with Crippen molar-refractivity contribution in [3.63, 3.8) is 0 Å². The van der Waals surface area contributed by atoms with Crippen LogP contribution in [0.25, 0.3) is 0 Å². The standard InChI is InChI=1S/C8H8BNO2/c9-6-5-7-3-1-2-4-8(7)10(11)12/h1-4H,5-6H2. The van der Waals surface area contributed by atoms with Gasteiger partial charge in [0, 0.05) is 11.6 Å². The average molecular weight is 161 g/mol. The minimum atomic E-state index is -0.384. The Morgan fingerprint density at radius 3 is 2.67 bits per heavy atom. The second-order valence-electron chi connectivity index (χ2n) is 2.42. The highest BCUT2D eigenvalue weighted by Gasteiger charge is 2.09. The SMILES string of the molecule is [B]CCc1ccccc1[N+](=O)[O-]. The number of aryl methyl sites for hydroxylation is 1. The summed E-state index contributed by atoms with van der Waals surface area (Å²) in [5, 5.41) is 10.5. The Kier molecular flexibility index (Phi) is 2.85. The summed E-state index contributed by atoms with van der Waals surface area (Å²) in [4.78, 5) is 10.1. The monoisotopic (exact) mass is 161 g/mol. The van der Waals surface area contributed by atoms with Crippen molar-refractivity contribution in [3.05, 3.63) is 39.9 Å². The normalized spacial score (nSPS) is 9.67. The third-order valence-corrected chi connectivity index (χ3v) is 1.60. The third-order valence-electron chi connectivity index (χ3n) is 1.60. The molecule has 0 saturated heterocycles. The van der Waals surface area contributed by atoms with Gasteiger partial charge in [0.1, 0.15) is 0 Å². The Labute approximate surface area is 72.0 Å². The van der Waals surface area contributed by atoms with Crippen LogP contribution < -0.4 is 0 Å². The lowest BCUT2D eigenvalue weighted by Crippen LogP contribution is -1.94. The lowest BCUT2D eigenvalue weighted by Gasteiger charge is -1.98. The fourth-order valence-corrected chi connectivity index (χ4v) is 1.06. The molecule has 12 heavy (non-hydrogen) atoms. The van der Waals surface area contributed by atoms with Gasteiger partial charge < -0.3 is 0 Å². The second-order valence-corrected chi connectivity index (χ2v) is 2.42.